The molecular weight excluding hydrogens is 458 g/mol. The molecule has 1 N–H and O–H groups in total. The number of methoxy groups -OCH3 is 1. The Morgan fingerprint density at radius 2 is 1.83 bits per heavy atom. The smallest absolute Gasteiger partial charge is 0.222 e. The highest BCUT2D eigenvalue weighted by atomic mass is 16.5. The fraction of sp³-hybridized carbons (Fsp3) is 0.321. The zero-order chi connectivity index (χ0) is 25.3. The molecule has 190 valence electrons. The maximum atomic E-state index is 10.6. The quantitative estimate of drug-likeness (QED) is 0.285. The summed E-state index contributed by atoms with van der Waals surface area (Å²) < 4.78 is 24.6. The van der Waals surface area contributed by atoms with Crippen LogP contribution in [0.15, 0.2) is 77.4 Å². The van der Waals surface area contributed by atoms with Crippen LogP contribution in [0.3, 0.4) is 0 Å². The first-order valence-electron chi connectivity index (χ1n) is 12.0. The van der Waals surface area contributed by atoms with Crippen LogP contribution < -0.4 is 9.47 Å². The SMILES string of the molecule is CCOC[C@@H](O)CN(Cc1ccco1)Cc1c(-c2ccccc2)nn(C)c1Oc1cccc(OC)c1. The number of rotatable bonds is 13. The van der Waals surface area contributed by atoms with Gasteiger partial charge < -0.3 is 23.7 Å². The third kappa shape index (κ3) is 6.54. The van der Waals surface area contributed by atoms with Crippen molar-refractivity contribution in [2.24, 2.45) is 7.05 Å². The van der Waals surface area contributed by atoms with Gasteiger partial charge in [-0.1, -0.05) is 36.4 Å². The summed E-state index contributed by atoms with van der Waals surface area (Å²) in [6, 6.07) is 21.3. The molecule has 2 aromatic carbocycles. The average Bonchev–Trinajstić information content (AvgIpc) is 3.51. The van der Waals surface area contributed by atoms with Crippen molar-refractivity contribution in [3.05, 3.63) is 84.3 Å². The molecule has 8 nitrogen and oxygen atoms in total. The van der Waals surface area contributed by atoms with Gasteiger partial charge >= 0.3 is 0 Å². The molecule has 0 amide bonds. The van der Waals surface area contributed by atoms with Crippen LogP contribution in [0.5, 0.6) is 17.4 Å². The summed E-state index contributed by atoms with van der Waals surface area (Å²) in [6.07, 6.45) is 1.00. The van der Waals surface area contributed by atoms with Crippen LogP contribution in [0.4, 0.5) is 0 Å². The minimum absolute atomic E-state index is 0.261. The molecule has 0 spiro atoms. The van der Waals surface area contributed by atoms with Gasteiger partial charge in [-0.05, 0) is 31.2 Å². The molecule has 0 saturated heterocycles. The lowest BCUT2D eigenvalue weighted by atomic mass is 10.1. The van der Waals surface area contributed by atoms with Crippen molar-refractivity contribution in [1.82, 2.24) is 14.7 Å². The van der Waals surface area contributed by atoms with E-state index in [9.17, 15) is 5.11 Å². The molecular formula is C28H33N3O5. The van der Waals surface area contributed by atoms with Gasteiger partial charge in [0.05, 0.1) is 38.2 Å². The highest BCUT2D eigenvalue weighted by molar-refractivity contribution is 5.65. The molecule has 0 aliphatic rings. The van der Waals surface area contributed by atoms with E-state index in [1.807, 2.05) is 80.7 Å². The molecule has 2 heterocycles. The van der Waals surface area contributed by atoms with Crippen molar-refractivity contribution >= 4 is 0 Å². The average molecular weight is 492 g/mol. The molecule has 0 bridgehead atoms. The van der Waals surface area contributed by atoms with Crippen molar-refractivity contribution in [3.8, 4) is 28.6 Å². The van der Waals surface area contributed by atoms with Gasteiger partial charge in [0.15, 0.2) is 0 Å². The molecule has 36 heavy (non-hydrogen) atoms. The standard InChI is InChI=1S/C28H33N3O5/c1-4-34-20-22(32)17-31(18-25-14-9-15-35-25)19-26-27(21-10-6-5-7-11-21)29-30(2)28(26)36-24-13-8-12-23(16-24)33-3/h5-16,22,32H,4,17-20H2,1-3H3/t22-/m0/s1. The van der Waals surface area contributed by atoms with E-state index in [4.69, 9.17) is 23.7 Å². The van der Waals surface area contributed by atoms with E-state index in [0.717, 1.165) is 22.6 Å². The summed E-state index contributed by atoms with van der Waals surface area (Å²) >= 11 is 0. The number of hydrogen-bond acceptors (Lipinski definition) is 7. The van der Waals surface area contributed by atoms with Gasteiger partial charge in [0.2, 0.25) is 5.88 Å². The zero-order valence-electron chi connectivity index (χ0n) is 21.0. The molecule has 0 fully saturated rings. The van der Waals surface area contributed by atoms with E-state index in [-0.39, 0.29) is 6.61 Å². The molecule has 1 atom stereocenters. The summed E-state index contributed by atoms with van der Waals surface area (Å²) in [4.78, 5) is 2.12. The largest absolute Gasteiger partial charge is 0.497 e. The summed E-state index contributed by atoms with van der Waals surface area (Å²) in [5.41, 5.74) is 2.71. The van der Waals surface area contributed by atoms with Crippen LogP contribution in [-0.4, -0.2) is 52.8 Å². The lowest BCUT2D eigenvalue weighted by Crippen LogP contribution is -2.34. The van der Waals surface area contributed by atoms with Gasteiger partial charge in [-0.25, -0.2) is 4.68 Å². The van der Waals surface area contributed by atoms with E-state index in [1.165, 1.54) is 0 Å². The van der Waals surface area contributed by atoms with Gasteiger partial charge in [0.1, 0.15) is 23.0 Å². The first kappa shape index (κ1) is 25.5. The normalized spacial score (nSPS) is 12.1. The Morgan fingerprint density at radius 3 is 2.56 bits per heavy atom. The van der Waals surface area contributed by atoms with E-state index < -0.39 is 6.10 Å². The number of aliphatic hydroxyl groups excluding tert-OH is 1. The molecule has 2 aromatic heterocycles. The number of aromatic nitrogens is 2. The first-order chi connectivity index (χ1) is 17.6. The Labute approximate surface area is 211 Å². The highest BCUT2D eigenvalue weighted by Gasteiger charge is 2.24. The van der Waals surface area contributed by atoms with Crippen LogP contribution >= 0.6 is 0 Å². The number of hydrogen-bond donors (Lipinski definition) is 1. The first-order valence-corrected chi connectivity index (χ1v) is 12.0. The molecule has 0 aliphatic heterocycles. The highest BCUT2D eigenvalue weighted by Crippen LogP contribution is 2.35. The second kappa shape index (κ2) is 12.4. The Hall–Kier alpha value is -3.59. The second-order valence-electron chi connectivity index (χ2n) is 8.47. The van der Waals surface area contributed by atoms with Gasteiger partial charge in [0.25, 0.3) is 0 Å². The Balaban J connectivity index is 1.70. The Kier molecular flexibility index (Phi) is 8.78. The number of ether oxygens (including phenoxy) is 3. The van der Waals surface area contributed by atoms with Crippen LogP contribution in [0.1, 0.15) is 18.2 Å². The van der Waals surface area contributed by atoms with Crippen molar-refractivity contribution < 1.29 is 23.7 Å². The predicted molar refractivity (Wildman–Crippen MR) is 137 cm³/mol. The topological polar surface area (TPSA) is 82.1 Å². The molecule has 0 radical (unpaired) electrons. The van der Waals surface area contributed by atoms with Crippen molar-refractivity contribution in [2.75, 3.05) is 26.9 Å². The van der Waals surface area contributed by atoms with Crippen molar-refractivity contribution in [2.45, 2.75) is 26.1 Å². The van der Waals surface area contributed by atoms with Crippen LogP contribution in [0.25, 0.3) is 11.3 Å². The molecule has 4 aromatic rings. The fourth-order valence-corrected chi connectivity index (χ4v) is 4.06. The minimum atomic E-state index is -0.653. The van der Waals surface area contributed by atoms with Gasteiger partial charge in [-0.15, -0.1) is 0 Å². The van der Waals surface area contributed by atoms with Crippen LogP contribution in [0.2, 0.25) is 0 Å². The van der Waals surface area contributed by atoms with Gasteiger partial charge in [0, 0.05) is 38.4 Å². The van der Waals surface area contributed by atoms with Crippen LogP contribution in [-0.2, 0) is 24.9 Å². The monoisotopic (exact) mass is 491 g/mol. The van der Waals surface area contributed by atoms with E-state index in [2.05, 4.69) is 4.90 Å². The van der Waals surface area contributed by atoms with E-state index in [0.29, 0.717) is 43.6 Å². The third-order valence-corrected chi connectivity index (χ3v) is 5.72. The Morgan fingerprint density at radius 1 is 1.03 bits per heavy atom. The molecule has 4 rings (SSSR count). The lowest BCUT2D eigenvalue weighted by Gasteiger charge is -2.24. The number of furan rings is 1. The van der Waals surface area contributed by atoms with E-state index in [1.54, 1.807) is 18.1 Å². The maximum Gasteiger partial charge on any atom is 0.222 e. The third-order valence-electron chi connectivity index (χ3n) is 5.72. The van der Waals surface area contributed by atoms with Crippen LogP contribution in [0, 0.1) is 0 Å². The van der Waals surface area contributed by atoms with Crippen molar-refractivity contribution in [1.29, 1.82) is 0 Å². The molecule has 8 heteroatoms. The maximum absolute atomic E-state index is 10.6. The zero-order valence-corrected chi connectivity index (χ0v) is 21.0. The number of aliphatic hydroxyl groups is 1. The molecule has 0 aliphatic carbocycles. The lowest BCUT2D eigenvalue weighted by molar-refractivity contribution is 0.0167. The number of aryl methyl sites for hydroxylation is 1. The van der Waals surface area contributed by atoms with Gasteiger partial charge in [-0.3, -0.25) is 4.90 Å². The van der Waals surface area contributed by atoms with E-state index >= 15 is 0 Å². The second-order valence-corrected chi connectivity index (χ2v) is 8.47. The summed E-state index contributed by atoms with van der Waals surface area (Å²) in [5, 5.41) is 15.5. The minimum Gasteiger partial charge on any atom is -0.497 e. The summed E-state index contributed by atoms with van der Waals surface area (Å²) in [6.45, 7) is 4.10. The molecule has 0 unspecified atom stereocenters. The van der Waals surface area contributed by atoms with Crippen molar-refractivity contribution in [3.63, 3.8) is 0 Å². The summed E-state index contributed by atoms with van der Waals surface area (Å²) in [7, 11) is 3.49. The Bertz CT molecular complexity index is 1210. The summed E-state index contributed by atoms with van der Waals surface area (Å²) in [5.74, 6) is 2.77. The van der Waals surface area contributed by atoms with Gasteiger partial charge in [-0.2, -0.15) is 5.10 Å². The predicted octanol–water partition coefficient (Wildman–Crippen LogP) is 4.88. The number of nitrogens with zero attached hydrogens (tertiary/aromatic N) is 3. The fourth-order valence-electron chi connectivity index (χ4n) is 4.06. The molecule has 0 saturated carbocycles. The number of benzene rings is 2.